The number of carbonyl (C=O) groups excluding carboxylic acids is 1. The molecule has 0 fully saturated rings. The Morgan fingerprint density at radius 2 is 1.86 bits per heavy atom. The number of hydrogen-bond acceptors (Lipinski definition) is 3. The number of carbonyl (C=O) groups is 1. The molecule has 22 heavy (non-hydrogen) atoms. The Balaban J connectivity index is 2.07. The minimum absolute atomic E-state index is 0.0735. The van der Waals surface area contributed by atoms with Gasteiger partial charge in [0.1, 0.15) is 5.75 Å². The van der Waals surface area contributed by atoms with Gasteiger partial charge < -0.3 is 4.74 Å². The quantitative estimate of drug-likeness (QED) is 0.647. The van der Waals surface area contributed by atoms with Gasteiger partial charge in [0, 0.05) is 10.0 Å². The van der Waals surface area contributed by atoms with E-state index in [-0.39, 0.29) is 12.0 Å². The smallest absolute Gasteiger partial charge is 0.272 e. The second-order valence-electron chi connectivity index (χ2n) is 4.88. The van der Waals surface area contributed by atoms with E-state index in [2.05, 4.69) is 26.5 Å². The fourth-order valence-corrected chi connectivity index (χ4v) is 2.28. The van der Waals surface area contributed by atoms with Crippen LogP contribution in [-0.2, 0) is 0 Å². The van der Waals surface area contributed by atoms with Crippen LogP contribution in [0, 0.1) is 0 Å². The summed E-state index contributed by atoms with van der Waals surface area (Å²) in [6.45, 7) is 3.92. The molecule has 0 aliphatic carbocycles. The average molecular weight is 361 g/mol. The minimum atomic E-state index is -0.272. The molecule has 0 saturated carbocycles. The second-order valence-corrected chi connectivity index (χ2v) is 5.74. The van der Waals surface area contributed by atoms with Crippen LogP contribution >= 0.6 is 15.9 Å². The molecule has 2 aromatic rings. The van der Waals surface area contributed by atoms with E-state index in [4.69, 9.17) is 4.74 Å². The van der Waals surface area contributed by atoms with E-state index in [0.29, 0.717) is 5.56 Å². The maximum atomic E-state index is 12.0. The first-order chi connectivity index (χ1) is 10.6. The van der Waals surface area contributed by atoms with Crippen molar-refractivity contribution in [3.05, 3.63) is 64.1 Å². The molecule has 0 aliphatic heterocycles. The lowest BCUT2D eigenvalue weighted by atomic mass is 10.2. The highest BCUT2D eigenvalue weighted by Gasteiger charge is 2.08. The predicted octanol–water partition coefficient (Wildman–Crippen LogP) is 4.00. The maximum Gasteiger partial charge on any atom is 0.272 e. The van der Waals surface area contributed by atoms with Crippen molar-refractivity contribution in [2.24, 2.45) is 5.10 Å². The van der Waals surface area contributed by atoms with Crippen LogP contribution in [0.4, 0.5) is 0 Å². The molecule has 0 unspecified atom stereocenters. The normalized spacial score (nSPS) is 10.9. The van der Waals surface area contributed by atoms with Gasteiger partial charge in [0.2, 0.25) is 0 Å². The second kappa shape index (κ2) is 7.75. The van der Waals surface area contributed by atoms with E-state index in [0.717, 1.165) is 15.8 Å². The zero-order valence-corrected chi connectivity index (χ0v) is 14.0. The number of nitrogens with one attached hydrogen (secondary N) is 1. The first-order valence-corrected chi connectivity index (χ1v) is 7.71. The Morgan fingerprint density at radius 3 is 2.59 bits per heavy atom. The van der Waals surface area contributed by atoms with Crippen LogP contribution in [0.1, 0.15) is 29.8 Å². The van der Waals surface area contributed by atoms with E-state index < -0.39 is 0 Å². The van der Waals surface area contributed by atoms with Crippen molar-refractivity contribution >= 4 is 28.1 Å². The highest BCUT2D eigenvalue weighted by molar-refractivity contribution is 9.10. The summed E-state index contributed by atoms with van der Waals surface area (Å²) in [5, 5.41) is 4.00. The van der Waals surface area contributed by atoms with Gasteiger partial charge in [-0.1, -0.05) is 24.3 Å². The molecule has 5 heteroatoms. The topological polar surface area (TPSA) is 50.7 Å². The van der Waals surface area contributed by atoms with E-state index in [1.54, 1.807) is 18.3 Å². The molecule has 0 spiro atoms. The molecule has 0 aromatic heterocycles. The fraction of sp³-hybridized carbons (Fsp3) is 0.176. The third kappa shape index (κ3) is 4.43. The molecule has 0 aliphatic rings. The van der Waals surface area contributed by atoms with E-state index in [1.807, 2.05) is 50.2 Å². The van der Waals surface area contributed by atoms with Crippen LogP contribution in [0.5, 0.6) is 5.75 Å². The van der Waals surface area contributed by atoms with Gasteiger partial charge in [-0.25, -0.2) is 5.43 Å². The van der Waals surface area contributed by atoms with Crippen LogP contribution in [0.3, 0.4) is 0 Å². The number of para-hydroxylation sites is 1. The van der Waals surface area contributed by atoms with Gasteiger partial charge in [-0.15, -0.1) is 0 Å². The van der Waals surface area contributed by atoms with E-state index in [1.165, 1.54) is 0 Å². The first kappa shape index (κ1) is 16.2. The van der Waals surface area contributed by atoms with Crippen molar-refractivity contribution in [1.29, 1.82) is 0 Å². The van der Waals surface area contributed by atoms with Crippen LogP contribution in [-0.4, -0.2) is 18.2 Å². The highest BCUT2D eigenvalue weighted by atomic mass is 79.9. The van der Waals surface area contributed by atoms with Crippen molar-refractivity contribution in [3.63, 3.8) is 0 Å². The summed E-state index contributed by atoms with van der Waals surface area (Å²) in [4.78, 5) is 12.0. The van der Waals surface area contributed by atoms with Crippen molar-refractivity contribution in [1.82, 2.24) is 5.43 Å². The van der Waals surface area contributed by atoms with Crippen LogP contribution < -0.4 is 10.2 Å². The first-order valence-electron chi connectivity index (χ1n) is 6.91. The molecule has 0 bridgehead atoms. The number of hydrazone groups is 1. The summed E-state index contributed by atoms with van der Waals surface area (Å²) in [6.07, 6.45) is 1.65. The molecular weight excluding hydrogens is 344 g/mol. The van der Waals surface area contributed by atoms with Gasteiger partial charge in [0.05, 0.1) is 17.9 Å². The maximum absolute atomic E-state index is 12.0. The van der Waals surface area contributed by atoms with Crippen LogP contribution in [0.2, 0.25) is 0 Å². The van der Waals surface area contributed by atoms with Gasteiger partial charge in [0.25, 0.3) is 5.91 Å². The molecule has 0 radical (unpaired) electrons. The lowest BCUT2D eigenvalue weighted by Gasteiger charge is -2.11. The van der Waals surface area contributed by atoms with Crippen LogP contribution in [0.15, 0.2) is 58.1 Å². The molecule has 0 saturated heterocycles. The molecule has 0 atom stereocenters. The summed E-state index contributed by atoms with van der Waals surface area (Å²) in [7, 11) is 0. The average Bonchev–Trinajstić information content (AvgIpc) is 2.49. The molecule has 2 aromatic carbocycles. The Labute approximate surface area is 138 Å². The SMILES string of the molecule is CC(C)Oc1ccccc1/C=N\NC(=O)c1ccccc1Br. The molecule has 114 valence electrons. The molecule has 0 heterocycles. The Bertz CT molecular complexity index is 684. The number of halogens is 1. The van der Waals surface area contributed by atoms with Gasteiger partial charge in [0.15, 0.2) is 0 Å². The van der Waals surface area contributed by atoms with Gasteiger partial charge in [-0.2, -0.15) is 5.10 Å². The minimum Gasteiger partial charge on any atom is -0.490 e. The number of benzene rings is 2. The molecule has 1 amide bonds. The highest BCUT2D eigenvalue weighted by Crippen LogP contribution is 2.18. The van der Waals surface area contributed by atoms with Crippen molar-refractivity contribution < 1.29 is 9.53 Å². The summed E-state index contributed by atoms with van der Waals surface area (Å²) in [6, 6.07) is 14.7. The van der Waals surface area contributed by atoms with Crippen molar-refractivity contribution in [2.45, 2.75) is 20.0 Å². The van der Waals surface area contributed by atoms with Crippen molar-refractivity contribution in [3.8, 4) is 5.75 Å². The van der Waals surface area contributed by atoms with Gasteiger partial charge in [-0.3, -0.25) is 4.79 Å². The number of hydrogen-bond donors (Lipinski definition) is 1. The number of rotatable bonds is 5. The number of nitrogens with zero attached hydrogens (tertiary/aromatic N) is 1. The van der Waals surface area contributed by atoms with Gasteiger partial charge >= 0.3 is 0 Å². The Hall–Kier alpha value is -2.14. The summed E-state index contributed by atoms with van der Waals surface area (Å²) < 4.78 is 6.42. The lowest BCUT2D eigenvalue weighted by Crippen LogP contribution is -2.18. The Kier molecular flexibility index (Phi) is 5.72. The largest absolute Gasteiger partial charge is 0.490 e. The molecular formula is C17H17BrN2O2. The molecule has 1 N–H and O–H groups in total. The predicted molar refractivity (Wildman–Crippen MR) is 91.4 cm³/mol. The third-order valence-electron chi connectivity index (χ3n) is 2.77. The van der Waals surface area contributed by atoms with E-state index in [9.17, 15) is 4.79 Å². The zero-order chi connectivity index (χ0) is 15.9. The summed E-state index contributed by atoms with van der Waals surface area (Å²) in [5.41, 5.74) is 3.86. The van der Waals surface area contributed by atoms with Gasteiger partial charge in [-0.05, 0) is 54.0 Å². The molecule has 2 rings (SSSR count). The van der Waals surface area contributed by atoms with Crippen molar-refractivity contribution in [2.75, 3.05) is 0 Å². The summed E-state index contributed by atoms with van der Waals surface area (Å²) >= 11 is 3.34. The van der Waals surface area contributed by atoms with Crippen LogP contribution in [0.25, 0.3) is 0 Å². The standard InChI is InChI=1S/C17H17BrN2O2/c1-12(2)22-16-10-6-3-7-13(16)11-19-20-17(21)14-8-4-5-9-15(14)18/h3-12H,1-2H3,(H,20,21)/b19-11-. The number of ether oxygens (including phenoxy) is 1. The fourth-order valence-electron chi connectivity index (χ4n) is 1.81. The lowest BCUT2D eigenvalue weighted by molar-refractivity contribution is 0.0954. The molecule has 4 nitrogen and oxygen atoms in total. The summed E-state index contributed by atoms with van der Waals surface area (Å²) in [5.74, 6) is 0.461. The number of amides is 1. The Morgan fingerprint density at radius 1 is 1.18 bits per heavy atom. The zero-order valence-electron chi connectivity index (χ0n) is 12.4. The third-order valence-corrected chi connectivity index (χ3v) is 3.46. The monoisotopic (exact) mass is 360 g/mol. The van der Waals surface area contributed by atoms with E-state index >= 15 is 0 Å².